The van der Waals surface area contributed by atoms with Crippen molar-refractivity contribution in [1.29, 1.82) is 5.26 Å². The molecular formula is C17H17N3O2. The van der Waals surface area contributed by atoms with Crippen LogP contribution in [-0.4, -0.2) is 22.1 Å². The zero-order chi connectivity index (χ0) is 15.5. The summed E-state index contributed by atoms with van der Waals surface area (Å²) in [4.78, 5) is 15.2. The number of nitrogens with zero attached hydrogens (tertiary/aromatic N) is 1. The Bertz CT molecular complexity index is 696. The summed E-state index contributed by atoms with van der Waals surface area (Å²) in [5.74, 6) is -0.0107. The van der Waals surface area contributed by atoms with Gasteiger partial charge < -0.3 is 15.4 Å². The quantitative estimate of drug-likeness (QED) is 0.807. The number of benzene rings is 1. The number of H-pyrrole nitrogens is 1. The van der Waals surface area contributed by atoms with E-state index in [0.717, 1.165) is 5.56 Å². The first-order valence-corrected chi connectivity index (χ1v) is 7.29. The predicted octanol–water partition coefficient (Wildman–Crippen LogP) is 2.13. The molecule has 1 aromatic heterocycles. The molecule has 0 saturated heterocycles. The topological polar surface area (TPSA) is 88.9 Å². The van der Waals surface area contributed by atoms with E-state index in [0.29, 0.717) is 24.1 Å². The SMILES string of the molecule is N#Cc1c[nH]c(C(=O)NC(c2ccccc2)C2CC(O)C2)c1. The van der Waals surface area contributed by atoms with Gasteiger partial charge in [-0.2, -0.15) is 5.26 Å². The lowest BCUT2D eigenvalue weighted by atomic mass is 9.75. The molecule has 1 aromatic carbocycles. The molecule has 3 N–H and O–H groups in total. The molecule has 5 heteroatoms. The number of carbonyl (C=O) groups is 1. The van der Waals surface area contributed by atoms with Crippen molar-refractivity contribution in [2.24, 2.45) is 5.92 Å². The third-order valence-corrected chi connectivity index (χ3v) is 4.12. The van der Waals surface area contributed by atoms with Gasteiger partial charge in [0.05, 0.1) is 17.7 Å². The van der Waals surface area contributed by atoms with E-state index in [1.165, 1.54) is 12.3 Å². The molecular weight excluding hydrogens is 278 g/mol. The molecule has 1 aliphatic carbocycles. The Hall–Kier alpha value is -2.58. The Labute approximate surface area is 128 Å². The number of nitriles is 1. The van der Waals surface area contributed by atoms with Crippen LogP contribution in [0.15, 0.2) is 42.6 Å². The maximum Gasteiger partial charge on any atom is 0.268 e. The number of nitrogens with one attached hydrogen (secondary N) is 2. The standard InChI is InChI=1S/C17H17N3O2/c18-9-11-6-15(19-10-11)17(22)20-16(13-7-14(21)8-13)12-4-2-1-3-5-12/h1-6,10,13-14,16,19,21H,7-8H2,(H,20,22). The normalized spacial score (nSPS) is 21.5. The molecule has 3 rings (SSSR count). The predicted molar refractivity (Wildman–Crippen MR) is 80.9 cm³/mol. The van der Waals surface area contributed by atoms with Gasteiger partial charge in [0.15, 0.2) is 0 Å². The number of aliphatic hydroxyl groups is 1. The summed E-state index contributed by atoms with van der Waals surface area (Å²) in [5, 5.41) is 21.4. The fourth-order valence-corrected chi connectivity index (χ4v) is 2.84. The van der Waals surface area contributed by atoms with Gasteiger partial charge >= 0.3 is 0 Å². The molecule has 0 spiro atoms. The van der Waals surface area contributed by atoms with Gasteiger partial charge in [0, 0.05) is 6.20 Å². The number of hydrogen-bond donors (Lipinski definition) is 3. The summed E-state index contributed by atoms with van der Waals surface area (Å²) in [6, 6.07) is 13.2. The number of rotatable bonds is 4. The van der Waals surface area contributed by atoms with E-state index in [-0.39, 0.29) is 24.0 Å². The van der Waals surface area contributed by atoms with Crippen LogP contribution in [0.5, 0.6) is 0 Å². The Kier molecular flexibility index (Phi) is 3.94. The molecule has 112 valence electrons. The fourth-order valence-electron chi connectivity index (χ4n) is 2.84. The maximum atomic E-state index is 12.4. The van der Waals surface area contributed by atoms with Crippen LogP contribution in [0.3, 0.4) is 0 Å². The summed E-state index contributed by atoms with van der Waals surface area (Å²) in [6.07, 6.45) is 2.62. The van der Waals surface area contributed by atoms with Crippen LogP contribution in [0, 0.1) is 17.2 Å². The molecule has 0 bridgehead atoms. The molecule has 1 unspecified atom stereocenters. The second kappa shape index (κ2) is 6.04. The van der Waals surface area contributed by atoms with Crippen LogP contribution in [0.2, 0.25) is 0 Å². The first-order chi connectivity index (χ1) is 10.7. The van der Waals surface area contributed by atoms with Gasteiger partial charge in [-0.05, 0) is 30.4 Å². The lowest BCUT2D eigenvalue weighted by Crippen LogP contribution is -2.41. The molecule has 1 heterocycles. The molecule has 1 atom stereocenters. The van der Waals surface area contributed by atoms with E-state index in [4.69, 9.17) is 5.26 Å². The Balaban J connectivity index is 1.78. The highest BCUT2D eigenvalue weighted by Crippen LogP contribution is 2.38. The first-order valence-electron chi connectivity index (χ1n) is 7.29. The summed E-state index contributed by atoms with van der Waals surface area (Å²) in [5.41, 5.74) is 1.83. The maximum absolute atomic E-state index is 12.4. The Morgan fingerprint density at radius 1 is 1.36 bits per heavy atom. The smallest absolute Gasteiger partial charge is 0.268 e. The Morgan fingerprint density at radius 3 is 2.68 bits per heavy atom. The highest BCUT2D eigenvalue weighted by molar-refractivity contribution is 5.93. The summed E-state index contributed by atoms with van der Waals surface area (Å²) >= 11 is 0. The minimum absolute atomic E-state index is 0.133. The van der Waals surface area contributed by atoms with Crippen LogP contribution in [-0.2, 0) is 0 Å². The minimum atomic E-state index is -0.274. The number of aromatic nitrogens is 1. The molecule has 1 fully saturated rings. The summed E-state index contributed by atoms with van der Waals surface area (Å²) in [7, 11) is 0. The Morgan fingerprint density at radius 2 is 2.09 bits per heavy atom. The second-order valence-electron chi connectivity index (χ2n) is 5.66. The number of aliphatic hydroxyl groups excluding tert-OH is 1. The van der Waals surface area contributed by atoms with Crippen molar-refractivity contribution >= 4 is 5.91 Å². The van der Waals surface area contributed by atoms with Crippen molar-refractivity contribution in [2.75, 3.05) is 0 Å². The van der Waals surface area contributed by atoms with Gasteiger partial charge in [0.2, 0.25) is 0 Å². The fraction of sp³-hybridized carbons (Fsp3) is 0.294. The van der Waals surface area contributed by atoms with E-state index in [1.807, 2.05) is 36.4 Å². The number of carbonyl (C=O) groups excluding carboxylic acids is 1. The van der Waals surface area contributed by atoms with E-state index >= 15 is 0 Å². The van der Waals surface area contributed by atoms with E-state index < -0.39 is 0 Å². The van der Waals surface area contributed by atoms with E-state index in [2.05, 4.69) is 10.3 Å². The van der Waals surface area contributed by atoms with Crippen LogP contribution in [0.25, 0.3) is 0 Å². The van der Waals surface area contributed by atoms with Gasteiger partial charge in [0.1, 0.15) is 11.8 Å². The zero-order valence-corrected chi connectivity index (χ0v) is 12.0. The molecule has 5 nitrogen and oxygen atoms in total. The molecule has 1 aliphatic rings. The zero-order valence-electron chi connectivity index (χ0n) is 12.0. The van der Waals surface area contributed by atoms with Gasteiger partial charge in [0.25, 0.3) is 5.91 Å². The van der Waals surface area contributed by atoms with Crippen LogP contribution < -0.4 is 5.32 Å². The number of hydrogen-bond acceptors (Lipinski definition) is 3. The van der Waals surface area contributed by atoms with Gasteiger partial charge in [-0.25, -0.2) is 0 Å². The lowest BCUT2D eigenvalue weighted by molar-refractivity contribution is 0.0235. The minimum Gasteiger partial charge on any atom is -0.393 e. The third-order valence-electron chi connectivity index (χ3n) is 4.12. The van der Waals surface area contributed by atoms with Gasteiger partial charge in [-0.3, -0.25) is 4.79 Å². The highest BCUT2D eigenvalue weighted by atomic mass is 16.3. The largest absolute Gasteiger partial charge is 0.393 e. The van der Waals surface area contributed by atoms with Crippen LogP contribution in [0.1, 0.15) is 40.5 Å². The highest BCUT2D eigenvalue weighted by Gasteiger charge is 2.35. The van der Waals surface area contributed by atoms with Crippen molar-refractivity contribution in [3.63, 3.8) is 0 Å². The molecule has 0 aliphatic heterocycles. The first kappa shape index (κ1) is 14.4. The van der Waals surface area contributed by atoms with Crippen LogP contribution >= 0.6 is 0 Å². The van der Waals surface area contributed by atoms with Gasteiger partial charge in [-0.15, -0.1) is 0 Å². The monoisotopic (exact) mass is 295 g/mol. The van der Waals surface area contributed by atoms with Crippen LogP contribution in [0.4, 0.5) is 0 Å². The number of amides is 1. The van der Waals surface area contributed by atoms with Crippen molar-refractivity contribution in [2.45, 2.75) is 25.0 Å². The summed E-state index contributed by atoms with van der Waals surface area (Å²) < 4.78 is 0. The second-order valence-corrected chi connectivity index (χ2v) is 5.66. The van der Waals surface area contributed by atoms with Gasteiger partial charge in [-0.1, -0.05) is 30.3 Å². The van der Waals surface area contributed by atoms with Crippen molar-refractivity contribution in [3.05, 3.63) is 59.4 Å². The third kappa shape index (κ3) is 2.87. The van der Waals surface area contributed by atoms with Crippen molar-refractivity contribution in [3.8, 4) is 6.07 Å². The average Bonchev–Trinajstić information content (AvgIpc) is 3.00. The van der Waals surface area contributed by atoms with E-state index in [1.54, 1.807) is 0 Å². The van der Waals surface area contributed by atoms with E-state index in [9.17, 15) is 9.90 Å². The molecule has 1 amide bonds. The molecule has 1 saturated carbocycles. The molecule has 2 aromatic rings. The van der Waals surface area contributed by atoms with Crippen molar-refractivity contribution < 1.29 is 9.90 Å². The summed E-state index contributed by atoms with van der Waals surface area (Å²) in [6.45, 7) is 0. The van der Waals surface area contributed by atoms with Crippen molar-refractivity contribution in [1.82, 2.24) is 10.3 Å². The molecule has 22 heavy (non-hydrogen) atoms. The number of aromatic amines is 1. The molecule has 0 radical (unpaired) electrons. The average molecular weight is 295 g/mol. The lowest BCUT2D eigenvalue weighted by Gasteiger charge is -2.38.